The van der Waals surface area contributed by atoms with Gasteiger partial charge in [-0.15, -0.1) is 0 Å². The molecule has 7 heteroatoms. The molecule has 0 saturated heterocycles. The van der Waals surface area contributed by atoms with Gasteiger partial charge in [-0.2, -0.15) is 13.2 Å². The van der Waals surface area contributed by atoms with Gasteiger partial charge in [0.25, 0.3) is 0 Å². The average molecular weight is 378 g/mol. The zero-order chi connectivity index (χ0) is 19.4. The fraction of sp³-hybridized carbons (Fsp3) is 0.350. The van der Waals surface area contributed by atoms with Gasteiger partial charge in [0.1, 0.15) is 18.2 Å². The molecule has 1 aliphatic rings. The van der Waals surface area contributed by atoms with Crippen LogP contribution in [0, 0.1) is 18.3 Å². The van der Waals surface area contributed by atoms with Crippen molar-refractivity contribution >= 4 is 11.4 Å². The van der Waals surface area contributed by atoms with Crippen LogP contribution in [-0.2, 0) is 6.18 Å². The third-order valence-corrected chi connectivity index (χ3v) is 4.39. The Morgan fingerprint density at radius 2 is 1.81 bits per heavy atom. The van der Waals surface area contributed by atoms with Crippen molar-refractivity contribution < 1.29 is 22.3 Å². The molecule has 0 aliphatic heterocycles. The van der Waals surface area contributed by atoms with Crippen LogP contribution in [0.2, 0.25) is 0 Å². The van der Waals surface area contributed by atoms with Gasteiger partial charge in [0.15, 0.2) is 5.69 Å². The molecule has 0 atom stereocenters. The summed E-state index contributed by atoms with van der Waals surface area (Å²) in [5.41, 5.74) is -0.903. The van der Waals surface area contributed by atoms with Crippen molar-refractivity contribution in [3.05, 3.63) is 65.3 Å². The monoisotopic (exact) mass is 378 g/mol. The third kappa shape index (κ3) is 5.13. The van der Waals surface area contributed by atoms with E-state index in [4.69, 9.17) is 11.3 Å². The van der Waals surface area contributed by atoms with Gasteiger partial charge in [-0.25, -0.2) is 9.24 Å². The van der Waals surface area contributed by atoms with E-state index in [9.17, 15) is 17.6 Å². The molecule has 0 unspecified atom stereocenters. The van der Waals surface area contributed by atoms with Crippen molar-refractivity contribution in [3.63, 3.8) is 0 Å². The Kier molecular flexibility index (Phi) is 5.54. The second-order valence-electron chi connectivity index (χ2n) is 6.50. The van der Waals surface area contributed by atoms with Crippen LogP contribution in [0.4, 0.5) is 28.9 Å². The van der Waals surface area contributed by atoms with Crippen molar-refractivity contribution in [1.82, 2.24) is 0 Å². The van der Waals surface area contributed by atoms with Crippen LogP contribution >= 0.6 is 0 Å². The lowest BCUT2D eigenvalue weighted by Gasteiger charge is -2.26. The predicted octanol–water partition coefficient (Wildman–Crippen LogP) is 5.69. The molecule has 1 fully saturated rings. The Morgan fingerprint density at radius 1 is 1.11 bits per heavy atom. The summed E-state index contributed by atoms with van der Waals surface area (Å²) in [5, 5.41) is 0. The number of halogens is 4. The number of benzene rings is 2. The van der Waals surface area contributed by atoms with Gasteiger partial charge < -0.3 is 9.64 Å². The third-order valence-electron chi connectivity index (χ3n) is 4.39. The molecule has 2 aromatic carbocycles. The van der Waals surface area contributed by atoms with E-state index in [2.05, 4.69) is 4.85 Å². The topological polar surface area (TPSA) is 16.8 Å². The van der Waals surface area contributed by atoms with Crippen LogP contribution < -0.4 is 9.64 Å². The van der Waals surface area contributed by atoms with E-state index in [1.165, 1.54) is 30.3 Å². The molecule has 0 bridgehead atoms. The van der Waals surface area contributed by atoms with Gasteiger partial charge in [-0.3, -0.25) is 0 Å². The molecule has 142 valence electrons. The average Bonchev–Trinajstić information content (AvgIpc) is 3.45. The van der Waals surface area contributed by atoms with Gasteiger partial charge in [-0.1, -0.05) is 6.07 Å². The Morgan fingerprint density at radius 3 is 2.41 bits per heavy atom. The van der Waals surface area contributed by atoms with Crippen molar-refractivity contribution in [3.8, 4) is 5.75 Å². The predicted molar refractivity (Wildman–Crippen MR) is 94.5 cm³/mol. The molecule has 1 saturated carbocycles. The molecule has 27 heavy (non-hydrogen) atoms. The van der Waals surface area contributed by atoms with Crippen LogP contribution in [0.15, 0.2) is 42.5 Å². The first-order valence-electron chi connectivity index (χ1n) is 8.59. The number of rotatable bonds is 7. The maximum atomic E-state index is 13.2. The summed E-state index contributed by atoms with van der Waals surface area (Å²) in [5.74, 6) is 0.602. The number of alkyl halides is 3. The minimum Gasteiger partial charge on any atom is -0.492 e. The number of anilines is 1. The number of hydrogen-bond acceptors (Lipinski definition) is 2. The Balaban J connectivity index is 1.74. The lowest BCUT2D eigenvalue weighted by molar-refractivity contribution is -0.136. The summed E-state index contributed by atoms with van der Waals surface area (Å²) < 4.78 is 58.2. The molecule has 0 radical (unpaired) electrons. The zero-order valence-electron chi connectivity index (χ0n) is 14.5. The first-order valence-corrected chi connectivity index (χ1v) is 8.59. The lowest BCUT2D eigenvalue weighted by atomic mass is 10.1. The normalized spacial score (nSPS) is 13.9. The maximum Gasteiger partial charge on any atom is 0.407 e. The fourth-order valence-corrected chi connectivity index (χ4v) is 2.79. The minimum absolute atomic E-state index is 0.254. The van der Waals surface area contributed by atoms with Crippen LogP contribution in [0.5, 0.6) is 5.75 Å². The molecule has 0 spiro atoms. The summed E-state index contributed by atoms with van der Waals surface area (Å²) in [6, 6.07) is 9.38. The summed E-state index contributed by atoms with van der Waals surface area (Å²) in [6.07, 6.45) is -2.46. The quantitative estimate of drug-likeness (QED) is 0.455. The first-order chi connectivity index (χ1) is 12.9. The molecule has 3 rings (SSSR count). The largest absolute Gasteiger partial charge is 0.492 e. The summed E-state index contributed by atoms with van der Waals surface area (Å²) in [6.45, 7) is 8.24. The number of nitrogens with zero attached hydrogens (tertiary/aromatic N) is 2. The van der Waals surface area contributed by atoms with Gasteiger partial charge in [-0.05, 0) is 55.2 Å². The molecule has 0 amide bonds. The highest BCUT2D eigenvalue weighted by Crippen LogP contribution is 2.39. The standard InChI is InChI=1S/C20H18F4N2O/c1-25-19-9-6-16(12-18(19)20(22,23)24)26(13-14-2-3-14)10-11-27-17-7-4-15(21)5-8-17/h4-9,12,14H,2-3,10-11,13H2. The van der Waals surface area contributed by atoms with Crippen molar-refractivity contribution in [2.24, 2.45) is 5.92 Å². The highest BCUT2D eigenvalue weighted by atomic mass is 19.4. The van der Waals surface area contributed by atoms with Crippen molar-refractivity contribution in [2.75, 3.05) is 24.6 Å². The molecular formula is C20H18F4N2O. The van der Waals surface area contributed by atoms with Crippen LogP contribution in [0.25, 0.3) is 4.85 Å². The van der Waals surface area contributed by atoms with Crippen LogP contribution in [0.3, 0.4) is 0 Å². The Labute approximate surface area is 155 Å². The minimum atomic E-state index is -4.58. The van der Waals surface area contributed by atoms with E-state index < -0.39 is 17.4 Å². The van der Waals surface area contributed by atoms with Crippen molar-refractivity contribution in [2.45, 2.75) is 19.0 Å². The summed E-state index contributed by atoms with van der Waals surface area (Å²) in [4.78, 5) is 4.83. The van der Waals surface area contributed by atoms with E-state index in [1.54, 1.807) is 6.07 Å². The zero-order valence-corrected chi connectivity index (χ0v) is 14.5. The van der Waals surface area contributed by atoms with Crippen molar-refractivity contribution in [1.29, 1.82) is 0 Å². The van der Waals surface area contributed by atoms with E-state index >= 15 is 0 Å². The molecule has 3 nitrogen and oxygen atoms in total. The van der Waals surface area contributed by atoms with E-state index in [-0.39, 0.29) is 12.4 Å². The SMILES string of the molecule is [C-]#[N+]c1ccc(N(CCOc2ccc(F)cc2)CC2CC2)cc1C(F)(F)F. The highest BCUT2D eigenvalue weighted by Gasteiger charge is 2.34. The van der Waals surface area contributed by atoms with Crippen LogP contribution in [-0.4, -0.2) is 19.7 Å². The van der Waals surface area contributed by atoms with Gasteiger partial charge >= 0.3 is 6.18 Å². The Bertz CT molecular complexity index is 823. The molecular weight excluding hydrogens is 360 g/mol. The number of ether oxygens (including phenoxy) is 1. The van der Waals surface area contributed by atoms with Gasteiger partial charge in [0, 0.05) is 12.2 Å². The van der Waals surface area contributed by atoms with E-state index in [0.717, 1.165) is 18.9 Å². The van der Waals surface area contributed by atoms with E-state index in [1.807, 2.05) is 4.90 Å². The molecule has 2 aromatic rings. The fourth-order valence-electron chi connectivity index (χ4n) is 2.79. The molecule has 1 aliphatic carbocycles. The summed E-state index contributed by atoms with van der Waals surface area (Å²) in [7, 11) is 0. The summed E-state index contributed by atoms with van der Waals surface area (Å²) >= 11 is 0. The maximum absolute atomic E-state index is 13.2. The molecule has 0 N–H and O–H groups in total. The lowest BCUT2D eigenvalue weighted by Crippen LogP contribution is -2.30. The highest BCUT2D eigenvalue weighted by molar-refractivity contribution is 5.62. The van der Waals surface area contributed by atoms with Gasteiger partial charge in [0.05, 0.1) is 18.7 Å². The van der Waals surface area contributed by atoms with E-state index in [0.29, 0.717) is 30.4 Å². The molecule has 0 aromatic heterocycles. The number of hydrogen-bond donors (Lipinski definition) is 0. The Hall–Kier alpha value is -2.75. The van der Waals surface area contributed by atoms with Crippen LogP contribution in [0.1, 0.15) is 18.4 Å². The molecule has 0 heterocycles. The smallest absolute Gasteiger partial charge is 0.407 e. The second-order valence-corrected chi connectivity index (χ2v) is 6.50. The second kappa shape index (κ2) is 7.87. The van der Waals surface area contributed by atoms with Gasteiger partial charge in [0.2, 0.25) is 0 Å². The first kappa shape index (κ1) is 19.0.